The lowest BCUT2D eigenvalue weighted by atomic mass is 9.74. The first-order valence-electron chi connectivity index (χ1n) is 6.91. The van der Waals surface area contributed by atoms with Gasteiger partial charge >= 0.3 is 0 Å². The predicted molar refractivity (Wildman–Crippen MR) is 81.7 cm³/mol. The molecule has 0 saturated heterocycles. The van der Waals surface area contributed by atoms with Crippen LogP contribution in [0.2, 0.25) is 0 Å². The van der Waals surface area contributed by atoms with Gasteiger partial charge in [-0.3, -0.25) is 4.79 Å². The van der Waals surface area contributed by atoms with E-state index < -0.39 is 11.0 Å². The first kappa shape index (κ1) is 16.5. The van der Waals surface area contributed by atoms with E-state index in [1.807, 2.05) is 58.9 Å². The van der Waals surface area contributed by atoms with Crippen molar-refractivity contribution in [3.8, 4) is 5.75 Å². The second kappa shape index (κ2) is 6.27. The Bertz CT molecular complexity index is 462. The van der Waals surface area contributed by atoms with E-state index >= 15 is 0 Å². The fourth-order valence-corrected chi connectivity index (χ4v) is 1.55. The summed E-state index contributed by atoms with van der Waals surface area (Å²) >= 11 is 0. The van der Waals surface area contributed by atoms with Crippen molar-refractivity contribution in [1.29, 1.82) is 0 Å². The third kappa shape index (κ3) is 4.23. The van der Waals surface area contributed by atoms with Crippen molar-refractivity contribution in [2.24, 2.45) is 11.1 Å². The SMILES string of the molecule is Cc1cccc(OCCNC(=O)C(C)(C)C(C)(C)N)c1. The molecule has 0 aliphatic carbocycles. The Hall–Kier alpha value is -1.55. The zero-order valence-electron chi connectivity index (χ0n) is 13.1. The van der Waals surface area contributed by atoms with Crippen molar-refractivity contribution in [3.05, 3.63) is 29.8 Å². The number of aryl methyl sites for hydroxylation is 1. The normalized spacial score (nSPS) is 12.1. The molecule has 112 valence electrons. The molecule has 0 atom stereocenters. The molecule has 1 amide bonds. The van der Waals surface area contributed by atoms with Crippen LogP contribution in [0.5, 0.6) is 5.75 Å². The number of hydrogen-bond acceptors (Lipinski definition) is 3. The van der Waals surface area contributed by atoms with Gasteiger partial charge in [0.1, 0.15) is 12.4 Å². The van der Waals surface area contributed by atoms with Crippen LogP contribution in [0, 0.1) is 12.3 Å². The van der Waals surface area contributed by atoms with Gasteiger partial charge < -0.3 is 15.8 Å². The number of rotatable bonds is 6. The van der Waals surface area contributed by atoms with Crippen LogP contribution in [0.15, 0.2) is 24.3 Å². The molecule has 3 N–H and O–H groups in total. The highest BCUT2D eigenvalue weighted by Crippen LogP contribution is 2.28. The van der Waals surface area contributed by atoms with E-state index in [1.54, 1.807) is 0 Å². The van der Waals surface area contributed by atoms with Crippen LogP contribution in [-0.2, 0) is 4.79 Å². The minimum atomic E-state index is -0.629. The van der Waals surface area contributed by atoms with Gasteiger partial charge in [-0.2, -0.15) is 0 Å². The van der Waals surface area contributed by atoms with Crippen molar-refractivity contribution < 1.29 is 9.53 Å². The van der Waals surface area contributed by atoms with Crippen molar-refractivity contribution in [2.45, 2.75) is 40.2 Å². The third-order valence-corrected chi connectivity index (χ3v) is 3.82. The lowest BCUT2D eigenvalue weighted by molar-refractivity contribution is -0.132. The topological polar surface area (TPSA) is 64.3 Å². The molecule has 4 heteroatoms. The average Bonchev–Trinajstić information content (AvgIpc) is 2.33. The molecule has 0 fully saturated rings. The van der Waals surface area contributed by atoms with Crippen LogP contribution in [0.3, 0.4) is 0 Å². The third-order valence-electron chi connectivity index (χ3n) is 3.82. The lowest BCUT2D eigenvalue weighted by Crippen LogP contribution is -2.55. The smallest absolute Gasteiger partial charge is 0.227 e. The molecule has 0 aromatic heterocycles. The molecule has 4 nitrogen and oxygen atoms in total. The number of carbonyl (C=O) groups excluding carboxylic acids is 1. The van der Waals surface area contributed by atoms with Gasteiger partial charge in [0.05, 0.1) is 12.0 Å². The van der Waals surface area contributed by atoms with Gasteiger partial charge in [-0.1, -0.05) is 12.1 Å². The molecular formula is C16H26N2O2. The largest absolute Gasteiger partial charge is 0.492 e. The van der Waals surface area contributed by atoms with Gasteiger partial charge in [0.15, 0.2) is 0 Å². The van der Waals surface area contributed by atoms with E-state index in [1.165, 1.54) is 0 Å². The molecule has 0 heterocycles. The van der Waals surface area contributed by atoms with Gasteiger partial charge in [-0.15, -0.1) is 0 Å². The fourth-order valence-electron chi connectivity index (χ4n) is 1.55. The maximum Gasteiger partial charge on any atom is 0.227 e. The summed E-state index contributed by atoms with van der Waals surface area (Å²) in [6.07, 6.45) is 0. The van der Waals surface area contributed by atoms with Crippen LogP contribution in [-0.4, -0.2) is 24.6 Å². The van der Waals surface area contributed by atoms with Gasteiger partial charge in [-0.05, 0) is 52.3 Å². The zero-order chi connectivity index (χ0) is 15.4. The number of benzene rings is 1. The molecule has 1 aromatic rings. The van der Waals surface area contributed by atoms with Crippen LogP contribution in [0.4, 0.5) is 0 Å². The summed E-state index contributed by atoms with van der Waals surface area (Å²) in [4.78, 5) is 12.1. The van der Waals surface area contributed by atoms with Gasteiger partial charge in [0.2, 0.25) is 5.91 Å². The first-order valence-corrected chi connectivity index (χ1v) is 6.91. The number of hydrogen-bond donors (Lipinski definition) is 2. The number of nitrogens with one attached hydrogen (secondary N) is 1. The summed E-state index contributed by atoms with van der Waals surface area (Å²) in [5, 5.41) is 2.87. The van der Waals surface area contributed by atoms with Crippen molar-refractivity contribution in [3.63, 3.8) is 0 Å². The highest BCUT2D eigenvalue weighted by Gasteiger charge is 2.40. The zero-order valence-corrected chi connectivity index (χ0v) is 13.1. The monoisotopic (exact) mass is 278 g/mol. The molecule has 1 aromatic carbocycles. The molecule has 20 heavy (non-hydrogen) atoms. The molecule has 0 radical (unpaired) electrons. The van der Waals surface area contributed by atoms with E-state index in [-0.39, 0.29) is 5.91 Å². The Balaban J connectivity index is 2.40. The number of nitrogens with two attached hydrogens (primary N) is 1. The summed E-state index contributed by atoms with van der Waals surface area (Å²) in [6, 6.07) is 7.83. The molecule has 0 aliphatic rings. The average molecular weight is 278 g/mol. The summed E-state index contributed by atoms with van der Waals surface area (Å²) in [5.41, 5.74) is 5.98. The Morgan fingerprint density at radius 2 is 1.95 bits per heavy atom. The maximum absolute atomic E-state index is 12.1. The summed E-state index contributed by atoms with van der Waals surface area (Å²) in [7, 11) is 0. The van der Waals surface area contributed by atoms with E-state index in [4.69, 9.17) is 10.5 Å². The Labute approximate surface area is 121 Å². The molecule has 0 bridgehead atoms. The van der Waals surface area contributed by atoms with E-state index in [9.17, 15) is 4.79 Å². The molecular weight excluding hydrogens is 252 g/mol. The second-order valence-electron chi connectivity index (χ2n) is 6.27. The van der Waals surface area contributed by atoms with Crippen molar-refractivity contribution in [1.82, 2.24) is 5.32 Å². The summed E-state index contributed by atoms with van der Waals surface area (Å²) in [5.74, 6) is 0.760. The van der Waals surface area contributed by atoms with E-state index in [0.717, 1.165) is 11.3 Å². The number of carbonyl (C=O) groups is 1. The number of amides is 1. The maximum atomic E-state index is 12.1. The molecule has 0 unspecified atom stereocenters. The number of ether oxygens (including phenoxy) is 1. The minimum absolute atomic E-state index is 0.0576. The van der Waals surface area contributed by atoms with Crippen LogP contribution < -0.4 is 15.8 Å². The van der Waals surface area contributed by atoms with Gasteiger partial charge in [0, 0.05) is 5.54 Å². The van der Waals surface area contributed by atoms with Gasteiger partial charge in [0.25, 0.3) is 0 Å². The fraction of sp³-hybridized carbons (Fsp3) is 0.562. The van der Waals surface area contributed by atoms with Crippen molar-refractivity contribution >= 4 is 5.91 Å². The second-order valence-corrected chi connectivity index (χ2v) is 6.27. The summed E-state index contributed by atoms with van der Waals surface area (Å²) < 4.78 is 5.59. The van der Waals surface area contributed by atoms with Crippen LogP contribution in [0.25, 0.3) is 0 Å². The molecule has 0 aliphatic heterocycles. The van der Waals surface area contributed by atoms with E-state index in [2.05, 4.69) is 5.32 Å². The van der Waals surface area contributed by atoms with Crippen molar-refractivity contribution in [2.75, 3.05) is 13.2 Å². The van der Waals surface area contributed by atoms with Gasteiger partial charge in [-0.25, -0.2) is 0 Å². The highest BCUT2D eigenvalue weighted by atomic mass is 16.5. The lowest BCUT2D eigenvalue weighted by Gasteiger charge is -2.36. The van der Waals surface area contributed by atoms with E-state index in [0.29, 0.717) is 13.2 Å². The van der Waals surface area contributed by atoms with Crippen LogP contribution in [0.1, 0.15) is 33.3 Å². The Morgan fingerprint density at radius 3 is 2.50 bits per heavy atom. The molecule has 0 saturated carbocycles. The minimum Gasteiger partial charge on any atom is -0.492 e. The molecule has 1 rings (SSSR count). The Morgan fingerprint density at radius 1 is 1.30 bits per heavy atom. The molecule has 0 spiro atoms. The highest BCUT2D eigenvalue weighted by molar-refractivity contribution is 5.83. The standard InChI is InChI=1S/C16H26N2O2/c1-12-7-6-8-13(11-12)20-10-9-18-14(19)15(2,3)16(4,5)17/h6-8,11H,9-10,17H2,1-5H3,(H,18,19). The summed E-state index contributed by atoms with van der Waals surface area (Å²) in [6.45, 7) is 10.3. The van der Waals surface area contributed by atoms with Crippen LogP contribution >= 0.6 is 0 Å². The Kier molecular flexibility index (Phi) is 5.17. The predicted octanol–water partition coefficient (Wildman–Crippen LogP) is 2.25. The quantitative estimate of drug-likeness (QED) is 0.784. The first-order chi connectivity index (χ1) is 9.14.